The zero-order valence-corrected chi connectivity index (χ0v) is 61.5. The molecule has 17 heteroatoms. The van der Waals surface area contributed by atoms with Crippen LogP contribution < -0.4 is 39.3 Å². The van der Waals surface area contributed by atoms with Gasteiger partial charge in [-0.3, -0.25) is 0 Å². The Kier molecular flexibility index (Phi) is 20.2. The van der Waals surface area contributed by atoms with Gasteiger partial charge in [-0.15, -0.1) is 0 Å². The molecule has 1 radical (unpaired) electrons. The van der Waals surface area contributed by atoms with Gasteiger partial charge in [-0.1, -0.05) is 266 Å². The van der Waals surface area contributed by atoms with Crippen LogP contribution in [-0.4, -0.2) is 47.0 Å². The Balaban J connectivity index is 0.000000103. The van der Waals surface area contributed by atoms with Crippen molar-refractivity contribution in [2.24, 2.45) is 0 Å². The second-order valence-corrected chi connectivity index (χ2v) is 28.0. The van der Waals surface area contributed by atoms with Crippen LogP contribution in [0.2, 0.25) is 0 Å². The van der Waals surface area contributed by atoms with Gasteiger partial charge in [-0.05, 0) is 176 Å². The van der Waals surface area contributed by atoms with E-state index in [1.807, 2.05) is 146 Å². The number of ether oxygens (including phenoxy) is 5. The lowest BCUT2D eigenvalue weighted by molar-refractivity contribution is 0.424. The number of para-hydroxylation sites is 4. The third-order valence-corrected chi connectivity index (χ3v) is 20.2. The van der Waals surface area contributed by atoms with E-state index in [0.717, 1.165) is 132 Å². The van der Waals surface area contributed by atoms with E-state index in [1.165, 1.54) is 33.4 Å². The first-order valence-electron chi connectivity index (χ1n) is 34.3. The minimum Gasteiger partial charge on any atom is -0.537 e. The van der Waals surface area contributed by atoms with Crippen LogP contribution in [0.15, 0.2) is 341 Å². The van der Waals surface area contributed by atoms with E-state index in [-0.39, 0.29) is 0 Å². The highest BCUT2D eigenvalue weighted by molar-refractivity contribution is 9.11. The molecular weight excluding hydrogens is 1530 g/mol. The van der Waals surface area contributed by atoms with Crippen molar-refractivity contribution < 1.29 is 53.5 Å². The molecule has 0 aromatic heterocycles. The molecule has 15 aromatic rings. The van der Waals surface area contributed by atoms with Crippen LogP contribution in [0.1, 0.15) is 0 Å². The molecule has 0 unspecified atom stereocenters. The summed E-state index contributed by atoms with van der Waals surface area (Å²) in [6, 6.07) is 107. The van der Waals surface area contributed by atoms with Crippen LogP contribution in [0.5, 0.6) is 63.2 Å². The summed E-state index contributed by atoms with van der Waals surface area (Å²) in [5, 5.41) is 46.7. The highest BCUT2D eigenvalue weighted by Crippen LogP contribution is 2.53. The number of halogens is 3. The van der Waals surface area contributed by atoms with Crippen molar-refractivity contribution in [3.05, 3.63) is 341 Å². The molecule has 0 aliphatic carbocycles. The number of hydrogen-bond donors (Lipinski definition) is 5. The molecule has 0 spiro atoms. The first-order chi connectivity index (χ1) is 52.4. The van der Waals surface area contributed by atoms with Gasteiger partial charge in [0.05, 0.1) is 0 Å². The molecule has 0 saturated carbocycles. The fourth-order valence-corrected chi connectivity index (χ4v) is 14.9. The van der Waals surface area contributed by atoms with Crippen LogP contribution in [0, 0.1) is 0 Å². The number of hydrogen-bond acceptors (Lipinski definition) is 11. The zero-order chi connectivity index (χ0) is 73.1. The maximum absolute atomic E-state index is 9.48. The van der Waals surface area contributed by atoms with Gasteiger partial charge in [0.1, 0.15) is 63.2 Å². The van der Waals surface area contributed by atoms with E-state index in [0.29, 0.717) is 41.6 Å². The summed E-state index contributed by atoms with van der Waals surface area (Å²) in [4.78, 5) is 0. The summed E-state index contributed by atoms with van der Waals surface area (Å²) in [5.74, 6) is 8.65. The predicted molar refractivity (Wildman–Crippen MR) is 438 cm³/mol. The lowest BCUT2D eigenvalue weighted by atomic mass is 9.78. The van der Waals surface area contributed by atoms with Crippen LogP contribution in [0.3, 0.4) is 0 Å². The van der Waals surface area contributed by atoms with Crippen LogP contribution in [-0.2, 0) is 0 Å². The van der Waals surface area contributed by atoms with Gasteiger partial charge in [0.2, 0.25) is 0 Å². The quantitative estimate of drug-likeness (QED) is 0.107. The zero-order valence-electron chi connectivity index (χ0n) is 56.7. The Bertz CT molecular complexity index is 5760. The summed E-state index contributed by atoms with van der Waals surface area (Å²) in [7, 11) is -2.42. The Morgan fingerprint density at radius 1 is 0.215 bits per heavy atom. The van der Waals surface area contributed by atoms with Crippen molar-refractivity contribution in [3.8, 4) is 175 Å². The molecule has 20 rings (SSSR count). The topological polar surface area (TPSA) is 157 Å². The van der Waals surface area contributed by atoms with Crippen LogP contribution in [0.4, 0.5) is 0 Å². The second kappa shape index (κ2) is 30.9. The predicted octanol–water partition coefficient (Wildman–Crippen LogP) is 22.2. The van der Waals surface area contributed by atoms with E-state index in [4.69, 9.17) is 33.4 Å². The van der Waals surface area contributed by atoms with Gasteiger partial charge < -0.3 is 53.5 Å². The molecule has 5 heterocycles. The van der Waals surface area contributed by atoms with E-state index in [2.05, 4.69) is 175 Å². The fraction of sp³-hybridized carbons (Fsp3) is 0. The van der Waals surface area contributed by atoms with Crippen molar-refractivity contribution in [3.63, 3.8) is 0 Å². The van der Waals surface area contributed by atoms with Gasteiger partial charge in [-0.25, -0.2) is 0 Å². The Morgan fingerprint density at radius 2 is 0.411 bits per heavy atom. The summed E-state index contributed by atoms with van der Waals surface area (Å²) >= 11 is 10.7. The molecule has 5 aliphatic rings. The molecule has 11 nitrogen and oxygen atoms in total. The summed E-state index contributed by atoms with van der Waals surface area (Å²) < 4.78 is 38.7. The number of fused-ring (bicyclic) bond motifs is 25. The average molecular weight is 1590 g/mol. The molecule has 0 atom stereocenters. The number of benzene rings is 15. The average Bonchev–Trinajstić information content (AvgIpc) is 1.70. The summed E-state index contributed by atoms with van der Waals surface area (Å²) in [6.07, 6.45) is 0. The maximum Gasteiger partial charge on any atom is 0.569 e. The molecule has 5 N–H and O–H groups in total. The second-order valence-electron chi connectivity index (χ2n) is 25.3. The third kappa shape index (κ3) is 14.5. The Morgan fingerprint density at radius 3 is 0.664 bits per heavy atom. The van der Waals surface area contributed by atoms with Crippen molar-refractivity contribution in [1.29, 1.82) is 0 Å². The van der Waals surface area contributed by atoms with Gasteiger partial charge in [0.15, 0.2) is 0 Å². The van der Waals surface area contributed by atoms with Gasteiger partial charge in [0, 0.05) is 69.1 Å². The van der Waals surface area contributed by atoms with Crippen LogP contribution in [0.25, 0.3) is 111 Å². The molecule has 0 amide bonds. The molecular formula is C90H59B3Br3O11. The lowest BCUT2D eigenvalue weighted by Gasteiger charge is -2.11. The first kappa shape index (κ1) is 69.9. The molecule has 0 saturated heterocycles. The Labute approximate surface area is 644 Å². The molecule has 5 aliphatic heterocycles. The standard InChI is InChI=1S/C18H13B2O5.C18H13BO3.C18H10Br2O.C18H11BrO.C18H12O/c21-19-25-12-6-8-18-16(10-12)14-4-2-1-3-13(14)15-9-11(20(22)23)5-7-17(15)24-18;20-19(21)12-9-10-18-16(11-12)14-6-2-1-5-13(14)15-7-3-4-8-17(15)22-18;19-11-5-7-17-15(9-11)13-3-1-2-4-14(13)16-10-12(20)6-8-18(16)21-17;19-12-9-10-18-16(11-12)14-6-2-1-5-13(14)15-7-3-4-8-17(15)20-18;1-2-8-14-13(7-1)15-9-3-5-11-17(15)19-18-12-6-4-10-16(14)18/h1-10,21-23H;1-11,20-21H;1-10H;1-11H;1-12H. The van der Waals surface area contributed by atoms with Gasteiger partial charge in [0.25, 0.3) is 0 Å². The Hall–Kier alpha value is -11.5. The van der Waals surface area contributed by atoms with E-state index in [9.17, 15) is 20.1 Å². The minimum absolute atomic E-state index is 0.391. The van der Waals surface area contributed by atoms with E-state index >= 15 is 0 Å². The van der Waals surface area contributed by atoms with Crippen molar-refractivity contribution in [2.45, 2.75) is 0 Å². The van der Waals surface area contributed by atoms with Crippen LogP contribution >= 0.6 is 47.8 Å². The maximum atomic E-state index is 9.48. The SMILES string of the molecule is Brc1ccc2c(c1)-c1ccccc1-c1cc(Br)ccc1O2.Brc1ccc2c(c1)-c1ccccc1-c1ccccc1O2.OB(O)c1ccc2c(c1)-c1ccccc1-c1ccccc1O2.O[B]Oc1ccc2c(c1)-c1ccccc1-c1cc(B(O)O)ccc1O2.c1ccc2c(c1)Oc1ccccc1-c1ccccc1-2. The first-order valence-corrected chi connectivity index (χ1v) is 36.7. The molecule has 0 bridgehead atoms. The van der Waals surface area contributed by atoms with Gasteiger partial charge in [-0.2, -0.15) is 0 Å². The summed E-state index contributed by atoms with van der Waals surface area (Å²) in [6.45, 7) is 0. The van der Waals surface area contributed by atoms with E-state index < -0.39 is 14.2 Å². The molecule has 15 aromatic carbocycles. The van der Waals surface area contributed by atoms with Crippen molar-refractivity contribution in [2.75, 3.05) is 0 Å². The lowest BCUT2D eigenvalue weighted by Crippen LogP contribution is -2.29. The van der Waals surface area contributed by atoms with Gasteiger partial charge >= 0.3 is 21.9 Å². The highest BCUT2D eigenvalue weighted by atomic mass is 79.9. The monoisotopic (exact) mass is 1590 g/mol. The minimum atomic E-state index is -1.55. The van der Waals surface area contributed by atoms with Crippen molar-refractivity contribution in [1.82, 2.24) is 0 Å². The highest BCUT2D eigenvalue weighted by Gasteiger charge is 2.28. The molecule has 0 fully saturated rings. The normalized spacial score (nSPS) is 11.6. The third-order valence-electron chi connectivity index (χ3n) is 18.8. The fourth-order valence-electron chi connectivity index (χ4n) is 13.8. The number of rotatable bonds is 4. The van der Waals surface area contributed by atoms with Crippen molar-refractivity contribution >= 4 is 80.6 Å². The molecule has 107 heavy (non-hydrogen) atoms. The smallest absolute Gasteiger partial charge is 0.537 e. The summed E-state index contributed by atoms with van der Waals surface area (Å²) in [5.41, 5.74) is 22.2. The van der Waals surface area contributed by atoms with E-state index in [1.54, 1.807) is 54.6 Å². The largest absolute Gasteiger partial charge is 0.569 e. The molecule has 515 valence electrons.